The van der Waals surface area contributed by atoms with Crippen LogP contribution in [0.2, 0.25) is 0 Å². The molecule has 5 aromatic carbocycles. The van der Waals surface area contributed by atoms with E-state index in [0.717, 1.165) is 35.5 Å². The van der Waals surface area contributed by atoms with E-state index in [0.29, 0.717) is 47.2 Å². The average Bonchev–Trinajstić information content (AvgIpc) is 3.23. The van der Waals surface area contributed by atoms with Gasteiger partial charge in [0, 0.05) is 36.6 Å². The summed E-state index contributed by atoms with van der Waals surface area (Å²) in [6, 6.07) is 24.2. The van der Waals surface area contributed by atoms with Crippen molar-refractivity contribution >= 4 is 17.3 Å². The van der Waals surface area contributed by atoms with E-state index in [1.165, 1.54) is 68.7 Å². The topological polar surface area (TPSA) is 119 Å². The van der Waals surface area contributed by atoms with Crippen molar-refractivity contribution < 1.29 is 65.0 Å². The Morgan fingerprint density at radius 2 is 1.08 bits per heavy atom. The van der Waals surface area contributed by atoms with Crippen molar-refractivity contribution in [2.45, 2.75) is 31.3 Å². The number of aliphatic hydroxyl groups excluding tert-OH is 1. The molecule has 0 bridgehead atoms. The second-order valence-electron chi connectivity index (χ2n) is 12.7. The third-order valence-corrected chi connectivity index (χ3v) is 9.01. The Balaban J connectivity index is 0.000000288. The normalized spacial score (nSPS) is 11.7. The number of benzene rings is 5. The van der Waals surface area contributed by atoms with Crippen LogP contribution in [0, 0.1) is 0 Å². The Morgan fingerprint density at radius 3 is 1.58 bits per heavy atom. The highest BCUT2D eigenvalue weighted by Crippen LogP contribution is 2.35. The van der Waals surface area contributed by atoms with E-state index in [1.807, 2.05) is 12.1 Å². The number of phenols is 1. The van der Waals surface area contributed by atoms with Gasteiger partial charge in [-0.2, -0.15) is 26.3 Å². The molecule has 316 valence electrons. The van der Waals surface area contributed by atoms with Crippen molar-refractivity contribution in [2.75, 3.05) is 58.9 Å². The van der Waals surface area contributed by atoms with Crippen LogP contribution in [0.4, 0.5) is 37.7 Å². The van der Waals surface area contributed by atoms with Crippen LogP contribution in [0.1, 0.15) is 33.9 Å². The molecule has 0 heterocycles. The van der Waals surface area contributed by atoms with Gasteiger partial charge in [-0.05, 0) is 90.2 Å². The minimum atomic E-state index is -4.45. The Labute approximate surface area is 337 Å². The second kappa shape index (κ2) is 20.4. The molecule has 0 aliphatic carbocycles. The van der Waals surface area contributed by atoms with Crippen LogP contribution in [-0.2, 0) is 30.0 Å². The van der Waals surface area contributed by atoms with Gasteiger partial charge in [0.2, 0.25) is 0 Å². The summed E-state index contributed by atoms with van der Waals surface area (Å²) in [6.45, 7) is 0.639. The average molecular weight is 831 g/mol. The highest BCUT2D eigenvalue weighted by Gasteiger charge is 2.31. The molecule has 59 heavy (non-hydrogen) atoms. The summed E-state index contributed by atoms with van der Waals surface area (Å²) in [6.07, 6.45) is -9.56. The second-order valence-corrected chi connectivity index (χ2v) is 12.7. The molecule has 0 radical (unpaired) electrons. The summed E-state index contributed by atoms with van der Waals surface area (Å²) < 4.78 is 102. The number of aliphatic hydroxyl groups is 1. The molecule has 0 fully saturated rings. The van der Waals surface area contributed by atoms with Gasteiger partial charge in [-0.1, -0.05) is 30.3 Å². The van der Waals surface area contributed by atoms with E-state index < -0.39 is 35.5 Å². The monoisotopic (exact) mass is 830 g/mol. The van der Waals surface area contributed by atoms with Crippen molar-refractivity contribution in [3.63, 3.8) is 0 Å². The molecule has 0 aliphatic heterocycles. The lowest BCUT2D eigenvalue weighted by atomic mass is 10.1. The molecule has 1 amide bonds. The molecule has 0 saturated heterocycles. The highest BCUT2D eigenvalue weighted by atomic mass is 19.4. The van der Waals surface area contributed by atoms with E-state index in [9.17, 15) is 41.4 Å². The van der Waals surface area contributed by atoms with E-state index in [-0.39, 0.29) is 30.0 Å². The number of hydrogen-bond donors (Lipinski definition) is 3. The third kappa shape index (κ3) is 12.4. The summed E-state index contributed by atoms with van der Waals surface area (Å²) in [5.41, 5.74) is 1.38. The number of aromatic hydroxyl groups is 1. The first kappa shape index (κ1) is 45.4. The smallest absolute Gasteiger partial charge is 0.416 e. The first-order valence-corrected chi connectivity index (χ1v) is 17.9. The molecule has 1 atom stereocenters. The van der Waals surface area contributed by atoms with Crippen molar-refractivity contribution in [3.8, 4) is 34.5 Å². The summed E-state index contributed by atoms with van der Waals surface area (Å²) in [4.78, 5) is 14.7. The predicted molar refractivity (Wildman–Crippen MR) is 210 cm³/mol. The largest absolute Gasteiger partial charge is 0.504 e. The standard InChI is InChI=1S/C26H26F3NO6.C17H18F3NO2/c1-34-21-10-6-17(14-20(21)31)24(32)25(33)30(19-9-11-22(35-2)23(15-19)36-3)13-12-16-4-7-18(8-5-16)26(27,28)29;1-22-15-8-7-14(11-16(15)23-2)21-10-9-12-3-5-13(6-4-12)17(18,19)20/h4-11,14-15,24,31-32H,12-13H2,1-3H3;3-8,11,21H,9-10H2,1-2H3. The quantitative estimate of drug-likeness (QED) is 0.0889. The van der Waals surface area contributed by atoms with Gasteiger partial charge < -0.3 is 44.1 Å². The Morgan fingerprint density at radius 1 is 0.610 bits per heavy atom. The molecular formula is C43H44F6N2O8. The minimum absolute atomic E-state index is 0.0406. The van der Waals surface area contributed by atoms with Gasteiger partial charge in [-0.3, -0.25) is 4.79 Å². The number of rotatable bonds is 15. The number of halogens is 6. The molecule has 5 rings (SSSR count). The number of nitrogens with zero attached hydrogens (tertiary/aromatic N) is 1. The lowest BCUT2D eigenvalue weighted by Crippen LogP contribution is -2.37. The van der Waals surface area contributed by atoms with Crippen molar-refractivity contribution in [1.82, 2.24) is 0 Å². The van der Waals surface area contributed by atoms with Gasteiger partial charge in [-0.25, -0.2) is 0 Å². The number of nitrogens with one attached hydrogen (secondary N) is 1. The molecule has 1 unspecified atom stereocenters. The van der Waals surface area contributed by atoms with Crippen LogP contribution in [0.3, 0.4) is 0 Å². The van der Waals surface area contributed by atoms with E-state index in [2.05, 4.69) is 5.32 Å². The van der Waals surface area contributed by atoms with Gasteiger partial charge in [0.05, 0.1) is 46.7 Å². The lowest BCUT2D eigenvalue weighted by Gasteiger charge is -2.26. The van der Waals surface area contributed by atoms with Crippen LogP contribution in [-0.4, -0.2) is 64.8 Å². The zero-order valence-corrected chi connectivity index (χ0v) is 32.8. The van der Waals surface area contributed by atoms with Crippen LogP contribution in [0.25, 0.3) is 0 Å². The number of methoxy groups -OCH3 is 5. The summed E-state index contributed by atoms with van der Waals surface area (Å²) in [5, 5.41) is 24.1. The molecule has 0 aromatic heterocycles. The van der Waals surface area contributed by atoms with E-state index in [4.69, 9.17) is 23.7 Å². The van der Waals surface area contributed by atoms with Crippen LogP contribution < -0.4 is 33.9 Å². The summed E-state index contributed by atoms with van der Waals surface area (Å²) in [5.74, 6) is 1.25. The SMILES string of the molecule is COc1ccc(C(O)C(=O)N(CCc2ccc(C(F)(F)F)cc2)c2ccc(OC)c(OC)c2)cc1O.COc1ccc(NCCc2ccc(C(F)(F)F)cc2)cc1OC. The molecule has 5 aromatic rings. The zero-order chi connectivity index (χ0) is 43.3. The fourth-order valence-electron chi connectivity index (χ4n) is 5.79. The maximum absolute atomic E-state index is 13.4. The number of ether oxygens (including phenoxy) is 5. The van der Waals surface area contributed by atoms with Crippen LogP contribution >= 0.6 is 0 Å². The van der Waals surface area contributed by atoms with Gasteiger partial charge in [0.15, 0.2) is 40.6 Å². The third-order valence-electron chi connectivity index (χ3n) is 9.01. The van der Waals surface area contributed by atoms with E-state index >= 15 is 0 Å². The number of carbonyl (C=O) groups is 1. The lowest BCUT2D eigenvalue weighted by molar-refractivity contribution is -0.138. The molecule has 3 N–H and O–H groups in total. The molecular weight excluding hydrogens is 786 g/mol. The zero-order valence-electron chi connectivity index (χ0n) is 32.8. The number of amides is 1. The van der Waals surface area contributed by atoms with Gasteiger partial charge in [-0.15, -0.1) is 0 Å². The summed E-state index contributed by atoms with van der Waals surface area (Å²) in [7, 11) is 7.39. The van der Waals surface area contributed by atoms with Crippen molar-refractivity contribution in [1.29, 1.82) is 0 Å². The minimum Gasteiger partial charge on any atom is -0.504 e. The number of carbonyl (C=O) groups excluding carboxylic acids is 1. The van der Waals surface area contributed by atoms with Gasteiger partial charge in [0.1, 0.15) is 0 Å². The molecule has 0 spiro atoms. The first-order valence-electron chi connectivity index (χ1n) is 17.9. The van der Waals surface area contributed by atoms with Crippen molar-refractivity contribution in [2.24, 2.45) is 0 Å². The summed E-state index contributed by atoms with van der Waals surface area (Å²) >= 11 is 0. The Bertz CT molecular complexity index is 2130. The number of alkyl halides is 6. The van der Waals surface area contributed by atoms with Crippen molar-refractivity contribution in [3.05, 3.63) is 131 Å². The van der Waals surface area contributed by atoms with Crippen LogP contribution in [0.5, 0.6) is 34.5 Å². The molecule has 0 aliphatic rings. The van der Waals surface area contributed by atoms with Gasteiger partial charge >= 0.3 is 12.4 Å². The number of anilines is 2. The molecule has 16 heteroatoms. The van der Waals surface area contributed by atoms with E-state index in [1.54, 1.807) is 38.5 Å². The predicted octanol–water partition coefficient (Wildman–Crippen LogP) is 9.12. The maximum Gasteiger partial charge on any atom is 0.416 e. The Kier molecular flexibility index (Phi) is 15.7. The van der Waals surface area contributed by atoms with Crippen LogP contribution in [0.15, 0.2) is 103 Å². The molecule has 10 nitrogen and oxygen atoms in total. The Hall–Kier alpha value is -6.29. The number of hydrogen-bond acceptors (Lipinski definition) is 9. The molecule has 0 saturated carbocycles. The first-order chi connectivity index (χ1) is 28.0. The fourth-order valence-corrected chi connectivity index (χ4v) is 5.79. The number of phenolic OH excluding ortho intramolecular Hbond substituents is 1. The highest BCUT2D eigenvalue weighted by molar-refractivity contribution is 5.97. The maximum atomic E-state index is 13.4. The van der Waals surface area contributed by atoms with Gasteiger partial charge in [0.25, 0.3) is 5.91 Å². The fraction of sp³-hybridized carbons (Fsp3) is 0.279.